The van der Waals surface area contributed by atoms with Crippen LogP contribution in [0.4, 0.5) is 0 Å². The minimum Gasteiger partial charge on any atom is -0.352 e. The lowest BCUT2D eigenvalue weighted by atomic mass is 10.1. The first-order valence-electron chi connectivity index (χ1n) is 6.44. The fourth-order valence-corrected chi connectivity index (χ4v) is 1.45. The molecule has 0 saturated heterocycles. The zero-order chi connectivity index (χ0) is 13.5. The average Bonchev–Trinajstić information content (AvgIpc) is 2.36. The van der Waals surface area contributed by atoms with Crippen LogP contribution in [0, 0.1) is 5.92 Å². The summed E-state index contributed by atoms with van der Waals surface area (Å²) >= 11 is 0. The van der Waals surface area contributed by atoms with E-state index >= 15 is 0 Å². The Morgan fingerprint density at radius 3 is 2.56 bits per heavy atom. The molecule has 1 aromatic rings. The molecule has 0 spiro atoms. The lowest BCUT2D eigenvalue weighted by molar-refractivity contribution is -0.121. The summed E-state index contributed by atoms with van der Waals surface area (Å²) in [4.78, 5) is 16.0. The molecule has 0 aromatic carbocycles. The second-order valence-corrected chi connectivity index (χ2v) is 4.96. The molecule has 0 aliphatic carbocycles. The molecular formula is C14H23N3O. The summed E-state index contributed by atoms with van der Waals surface area (Å²) in [7, 11) is 0. The van der Waals surface area contributed by atoms with E-state index in [1.165, 1.54) is 0 Å². The maximum atomic E-state index is 11.7. The monoisotopic (exact) mass is 249 g/mol. The molecule has 2 unspecified atom stereocenters. The van der Waals surface area contributed by atoms with Crippen LogP contribution in [0.25, 0.3) is 0 Å². The number of rotatable bonds is 6. The summed E-state index contributed by atoms with van der Waals surface area (Å²) in [5.41, 5.74) is 0.946. The second kappa shape index (κ2) is 7.11. The first-order chi connectivity index (χ1) is 8.50. The molecule has 1 aromatic heterocycles. The molecule has 1 rings (SSSR count). The van der Waals surface area contributed by atoms with Gasteiger partial charge >= 0.3 is 0 Å². The highest BCUT2D eigenvalue weighted by Crippen LogP contribution is 2.07. The van der Waals surface area contributed by atoms with Crippen molar-refractivity contribution in [3.63, 3.8) is 0 Å². The van der Waals surface area contributed by atoms with Crippen LogP contribution in [-0.2, 0) is 4.79 Å². The average molecular weight is 249 g/mol. The predicted molar refractivity (Wildman–Crippen MR) is 73.1 cm³/mol. The van der Waals surface area contributed by atoms with Crippen molar-refractivity contribution in [3.05, 3.63) is 30.1 Å². The van der Waals surface area contributed by atoms with Gasteiger partial charge in [-0.15, -0.1) is 0 Å². The summed E-state index contributed by atoms with van der Waals surface area (Å²) in [6.07, 6.45) is 1.76. The smallest absolute Gasteiger partial charge is 0.234 e. The Balaban J connectivity index is 2.35. The van der Waals surface area contributed by atoms with Crippen molar-refractivity contribution in [1.82, 2.24) is 15.6 Å². The maximum absolute atomic E-state index is 11.7. The third-order valence-corrected chi connectivity index (χ3v) is 3.09. The summed E-state index contributed by atoms with van der Waals surface area (Å²) in [5.74, 6) is 0.473. The molecule has 0 radical (unpaired) electrons. The number of carbonyl (C=O) groups is 1. The van der Waals surface area contributed by atoms with E-state index in [1.807, 2.05) is 32.0 Å². The predicted octanol–water partition coefficient (Wildman–Crippen LogP) is 1.89. The number of hydrogen-bond donors (Lipinski definition) is 2. The minimum absolute atomic E-state index is 0.0268. The molecule has 18 heavy (non-hydrogen) atoms. The maximum Gasteiger partial charge on any atom is 0.234 e. The van der Waals surface area contributed by atoms with Crippen molar-refractivity contribution < 1.29 is 4.79 Å². The Hall–Kier alpha value is -1.42. The SMILES string of the molecule is CC(NCC(=O)NC(C)C(C)C)c1ccccn1. The Morgan fingerprint density at radius 1 is 1.28 bits per heavy atom. The lowest BCUT2D eigenvalue weighted by Crippen LogP contribution is -2.41. The van der Waals surface area contributed by atoms with Crippen LogP contribution in [0.2, 0.25) is 0 Å². The second-order valence-electron chi connectivity index (χ2n) is 4.96. The molecule has 2 N–H and O–H groups in total. The van der Waals surface area contributed by atoms with Crippen molar-refractivity contribution in [2.24, 2.45) is 5.92 Å². The highest BCUT2D eigenvalue weighted by Gasteiger charge is 2.12. The van der Waals surface area contributed by atoms with Crippen LogP contribution in [-0.4, -0.2) is 23.5 Å². The third-order valence-electron chi connectivity index (χ3n) is 3.09. The van der Waals surface area contributed by atoms with Gasteiger partial charge in [-0.3, -0.25) is 9.78 Å². The first kappa shape index (κ1) is 14.6. The number of nitrogens with zero attached hydrogens (tertiary/aromatic N) is 1. The van der Waals surface area contributed by atoms with Gasteiger partial charge in [0.1, 0.15) is 0 Å². The number of hydrogen-bond acceptors (Lipinski definition) is 3. The van der Waals surface area contributed by atoms with Gasteiger partial charge in [0.2, 0.25) is 5.91 Å². The highest BCUT2D eigenvalue weighted by atomic mass is 16.1. The van der Waals surface area contributed by atoms with Crippen LogP contribution >= 0.6 is 0 Å². The number of pyridine rings is 1. The third kappa shape index (κ3) is 4.84. The van der Waals surface area contributed by atoms with E-state index in [0.717, 1.165) is 5.69 Å². The number of amides is 1. The molecule has 4 heteroatoms. The molecule has 100 valence electrons. The Morgan fingerprint density at radius 2 is 2.00 bits per heavy atom. The molecule has 2 atom stereocenters. The fourth-order valence-electron chi connectivity index (χ4n) is 1.45. The molecule has 1 amide bonds. The van der Waals surface area contributed by atoms with Crippen molar-refractivity contribution >= 4 is 5.91 Å². The first-order valence-corrected chi connectivity index (χ1v) is 6.44. The Labute approximate surface area is 109 Å². The van der Waals surface area contributed by atoms with E-state index in [4.69, 9.17) is 0 Å². The van der Waals surface area contributed by atoms with Crippen molar-refractivity contribution in [3.8, 4) is 0 Å². The summed E-state index contributed by atoms with van der Waals surface area (Å²) < 4.78 is 0. The van der Waals surface area contributed by atoms with Gasteiger partial charge in [-0.2, -0.15) is 0 Å². The summed E-state index contributed by atoms with van der Waals surface area (Å²) in [6, 6.07) is 6.05. The van der Waals surface area contributed by atoms with Crippen LogP contribution < -0.4 is 10.6 Å². The highest BCUT2D eigenvalue weighted by molar-refractivity contribution is 5.78. The van der Waals surface area contributed by atoms with Gasteiger partial charge < -0.3 is 10.6 Å². The minimum atomic E-state index is 0.0268. The Kier molecular flexibility index (Phi) is 5.78. The molecule has 1 heterocycles. The van der Waals surface area contributed by atoms with Crippen molar-refractivity contribution in [1.29, 1.82) is 0 Å². The van der Waals surface area contributed by atoms with Gasteiger partial charge in [0, 0.05) is 18.3 Å². The summed E-state index contributed by atoms with van der Waals surface area (Å²) in [6.45, 7) is 8.52. The number of aromatic nitrogens is 1. The zero-order valence-electron chi connectivity index (χ0n) is 11.6. The Bertz CT molecular complexity index is 365. The standard InChI is InChI=1S/C14H23N3O/c1-10(2)11(3)17-14(18)9-16-12(4)13-7-5-6-8-15-13/h5-8,10-12,16H,9H2,1-4H3,(H,17,18). The molecule has 0 fully saturated rings. The van der Waals surface area contributed by atoms with Crippen LogP contribution in [0.1, 0.15) is 39.4 Å². The number of nitrogens with one attached hydrogen (secondary N) is 2. The van der Waals surface area contributed by atoms with E-state index in [2.05, 4.69) is 29.5 Å². The van der Waals surface area contributed by atoms with Crippen molar-refractivity contribution in [2.75, 3.05) is 6.54 Å². The lowest BCUT2D eigenvalue weighted by Gasteiger charge is -2.19. The van der Waals surface area contributed by atoms with E-state index in [-0.39, 0.29) is 18.0 Å². The van der Waals surface area contributed by atoms with Gasteiger partial charge in [-0.25, -0.2) is 0 Å². The van der Waals surface area contributed by atoms with Crippen LogP contribution in [0.3, 0.4) is 0 Å². The summed E-state index contributed by atoms with van der Waals surface area (Å²) in [5, 5.41) is 6.13. The van der Waals surface area contributed by atoms with Gasteiger partial charge in [0.15, 0.2) is 0 Å². The quantitative estimate of drug-likeness (QED) is 0.809. The van der Waals surface area contributed by atoms with Crippen LogP contribution in [0.15, 0.2) is 24.4 Å². The van der Waals surface area contributed by atoms with Gasteiger partial charge in [-0.1, -0.05) is 19.9 Å². The van der Waals surface area contributed by atoms with E-state index in [1.54, 1.807) is 6.20 Å². The fraction of sp³-hybridized carbons (Fsp3) is 0.571. The van der Waals surface area contributed by atoms with Crippen LogP contribution in [0.5, 0.6) is 0 Å². The molecule has 0 aliphatic heterocycles. The van der Waals surface area contributed by atoms with E-state index in [0.29, 0.717) is 12.5 Å². The normalized spacial score (nSPS) is 14.3. The van der Waals surface area contributed by atoms with E-state index in [9.17, 15) is 4.79 Å². The molecule has 4 nitrogen and oxygen atoms in total. The molecule has 0 bridgehead atoms. The molecule has 0 aliphatic rings. The van der Waals surface area contributed by atoms with Crippen molar-refractivity contribution in [2.45, 2.75) is 39.8 Å². The topological polar surface area (TPSA) is 54.0 Å². The van der Waals surface area contributed by atoms with Gasteiger partial charge in [0.05, 0.1) is 12.2 Å². The molecular weight excluding hydrogens is 226 g/mol. The zero-order valence-corrected chi connectivity index (χ0v) is 11.6. The largest absolute Gasteiger partial charge is 0.352 e. The van der Waals surface area contributed by atoms with Gasteiger partial charge in [0.25, 0.3) is 0 Å². The number of carbonyl (C=O) groups excluding carboxylic acids is 1. The molecule has 0 saturated carbocycles. The van der Waals surface area contributed by atoms with Gasteiger partial charge in [-0.05, 0) is 31.9 Å². The van der Waals surface area contributed by atoms with E-state index < -0.39 is 0 Å².